The van der Waals surface area contributed by atoms with Crippen LogP contribution in [0.5, 0.6) is 0 Å². The van der Waals surface area contributed by atoms with Crippen molar-refractivity contribution < 1.29 is 18.3 Å². The third-order valence-corrected chi connectivity index (χ3v) is 3.51. The average Bonchev–Trinajstić information content (AvgIpc) is 2.27. The van der Waals surface area contributed by atoms with Gasteiger partial charge in [-0.3, -0.25) is 4.79 Å². The molecule has 18 heavy (non-hydrogen) atoms. The average molecular weight is 272 g/mol. The molecule has 1 aromatic carbocycles. The van der Waals surface area contributed by atoms with Crippen LogP contribution in [0.15, 0.2) is 29.2 Å². The Labute approximate surface area is 106 Å². The Morgan fingerprint density at radius 1 is 1.44 bits per heavy atom. The van der Waals surface area contributed by atoms with Crippen LogP contribution < -0.4 is 10.0 Å². The van der Waals surface area contributed by atoms with Crippen LogP contribution in [-0.2, 0) is 14.8 Å². The number of rotatable bonds is 5. The first-order valence-electron chi connectivity index (χ1n) is 5.29. The Morgan fingerprint density at radius 2 is 2.00 bits per heavy atom. The monoisotopic (exact) mass is 272 g/mol. The second-order valence-electron chi connectivity index (χ2n) is 4.13. The Hall–Kier alpha value is -1.60. The van der Waals surface area contributed by atoms with Gasteiger partial charge in [0.05, 0.1) is 11.6 Å². The molecule has 0 aliphatic heterocycles. The molecule has 0 aliphatic rings. The number of anilines is 1. The summed E-state index contributed by atoms with van der Waals surface area (Å²) in [5, 5.41) is 14.0. The topological polar surface area (TPSA) is 101 Å². The Kier molecular flexibility index (Phi) is 4.31. The van der Waals surface area contributed by atoms with E-state index >= 15 is 0 Å². The zero-order chi connectivity index (χ0) is 13.9. The number of carbonyl (C=O) groups is 1. The molecular weight excluding hydrogens is 256 g/mol. The number of sulfonamides is 1. The summed E-state index contributed by atoms with van der Waals surface area (Å²) >= 11 is 0. The molecule has 0 saturated carbocycles. The zero-order valence-electron chi connectivity index (χ0n) is 10.2. The third-order valence-electron chi connectivity index (χ3n) is 2.55. The molecule has 3 N–H and O–H groups in total. The van der Waals surface area contributed by atoms with Crippen LogP contribution in [0.3, 0.4) is 0 Å². The summed E-state index contributed by atoms with van der Waals surface area (Å²) < 4.78 is 22.8. The lowest BCUT2D eigenvalue weighted by Gasteiger charge is -2.23. The summed E-state index contributed by atoms with van der Waals surface area (Å²) in [7, 11) is -2.20. The molecule has 0 aliphatic carbocycles. The minimum absolute atomic E-state index is 0.00918. The number of hydrogen-bond acceptors (Lipinski definition) is 4. The maximum absolute atomic E-state index is 11.4. The number of nitrogens with two attached hydrogens (primary N) is 1. The molecule has 0 aromatic heterocycles. The van der Waals surface area contributed by atoms with E-state index in [-0.39, 0.29) is 11.4 Å². The highest BCUT2D eigenvalue weighted by atomic mass is 32.2. The van der Waals surface area contributed by atoms with Crippen molar-refractivity contribution in [3.63, 3.8) is 0 Å². The Balaban J connectivity index is 3.07. The standard InChI is InChI=1S/C11H16N2O4S/c1-8(11(14)15)7-13(2)9-5-3-4-6-10(9)18(12,16)17/h3-6,8H,7H2,1-2H3,(H,14,15)(H2,12,16,17). The van der Waals surface area contributed by atoms with E-state index in [9.17, 15) is 13.2 Å². The Morgan fingerprint density at radius 3 is 2.50 bits per heavy atom. The SMILES string of the molecule is CC(CN(C)c1ccccc1S(N)(=O)=O)C(=O)O. The van der Waals surface area contributed by atoms with Gasteiger partial charge in [-0.2, -0.15) is 0 Å². The van der Waals surface area contributed by atoms with Crippen LogP contribution >= 0.6 is 0 Å². The predicted molar refractivity (Wildman–Crippen MR) is 67.9 cm³/mol. The quantitative estimate of drug-likeness (QED) is 0.812. The van der Waals surface area contributed by atoms with Crippen molar-refractivity contribution in [2.24, 2.45) is 11.1 Å². The van der Waals surface area contributed by atoms with Crippen molar-refractivity contribution in [2.45, 2.75) is 11.8 Å². The highest BCUT2D eigenvalue weighted by Gasteiger charge is 2.19. The van der Waals surface area contributed by atoms with Crippen LogP contribution in [0.1, 0.15) is 6.92 Å². The molecule has 1 unspecified atom stereocenters. The van der Waals surface area contributed by atoms with Gasteiger partial charge < -0.3 is 10.0 Å². The molecule has 1 atom stereocenters. The molecule has 0 fully saturated rings. The fourth-order valence-corrected chi connectivity index (χ4v) is 2.38. The molecule has 0 spiro atoms. The molecule has 0 heterocycles. The second-order valence-corrected chi connectivity index (χ2v) is 5.66. The molecular formula is C11H16N2O4S. The smallest absolute Gasteiger partial charge is 0.308 e. The van der Waals surface area contributed by atoms with Crippen LogP contribution in [0.2, 0.25) is 0 Å². The van der Waals surface area contributed by atoms with Crippen molar-refractivity contribution in [3.8, 4) is 0 Å². The maximum atomic E-state index is 11.4. The van der Waals surface area contributed by atoms with E-state index in [1.807, 2.05) is 0 Å². The number of nitrogens with zero attached hydrogens (tertiary/aromatic N) is 1. The number of hydrogen-bond donors (Lipinski definition) is 2. The number of aliphatic carboxylic acids is 1. The van der Waals surface area contributed by atoms with Gasteiger partial charge in [0.15, 0.2) is 0 Å². The first-order valence-corrected chi connectivity index (χ1v) is 6.84. The van der Waals surface area contributed by atoms with Crippen LogP contribution in [-0.4, -0.2) is 33.1 Å². The minimum atomic E-state index is -3.82. The number of primary sulfonamides is 1. The number of benzene rings is 1. The summed E-state index contributed by atoms with van der Waals surface area (Å²) in [6.45, 7) is 1.75. The van der Waals surface area contributed by atoms with E-state index in [1.165, 1.54) is 6.07 Å². The molecule has 7 heteroatoms. The molecule has 0 bridgehead atoms. The maximum Gasteiger partial charge on any atom is 0.308 e. The Bertz CT molecular complexity index is 542. The van der Waals surface area contributed by atoms with E-state index in [0.717, 1.165) is 0 Å². The van der Waals surface area contributed by atoms with E-state index in [2.05, 4.69) is 0 Å². The number of carboxylic acid groups (broad SMARTS) is 1. The van der Waals surface area contributed by atoms with Gasteiger partial charge in [0, 0.05) is 13.6 Å². The summed E-state index contributed by atoms with van der Waals surface area (Å²) in [5.74, 6) is -1.54. The fourth-order valence-electron chi connectivity index (χ4n) is 1.60. The second kappa shape index (κ2) is 5.36. The van der Waals surface area contributed by atoms with Crippen molar-refractivity contribution in [2.75, 3.05) is 18.5 Å². The third kappa shape index (κ3) is 3.44. The first-order chi connectivity index (χ1) is 8.23. The van der Waals surface area contributed by atoms with Crippen LogP contribution in [0.25, 0.3) is 0 Å². The first kappa shape index (κ1) is 14.5. The number of carboxylic acids is 1. The largest absolute Gasteiger partial charge is 0.481 e. The van der Waals surface area contributed by atoms with Gasteiger partial charge in [-0.05, 0) is 12.1 Å². The molecule has 0 radical (unpaired) electrons. The molecule has 100 valence electrons. The molecule has 6 nitrogen and oxygen atoms in total. The van der Waals surface area contributed by atoms with Gasteiger partial charge in [-0.15, -0.1) is 0 Å². The highest BCUT2D eigenvalue weighted by Crippen LogP contribution is 2.23. The molecule has 1 aromatic rings. The van der Waals surface area contributed by atoms with Crippen molar-refractivity contribution >= 4 is 21.7 Å². The predicted octanol–water partition coefficient (Wildman–Crippen LogP) is 0.491. The lowest BCUT2D eigenvalue weighted by Crippen LogP contribution is -2.30. The van der Waals surface area contributed by atoms with Gasteiger partial charge in [0.1, 0.15) is 4.90 Å². The summed E-state index contributed by atoms with van der Waals surface area (Å²) in [4.78, 5) is 12.3. The van der Waals surface area contributed by atoms with Crippen molar-refractivity contribution in [3.05, 3.63) is 24.3 Å². The number of para-hydroxylation sites is 1. The lowest BCUT2D eigenvalue weighted by atomic mass is 10.1. The van der Waals surface area contributed by atoms with Crippen molar-refractivity contribution in [1.29, 1.82) is 0 Å². The van der Waals surface area contributed by atoms with Gasteiger partial charge >= 0.3 is 5.97 Å². The van der Waals surface area contributed by atoms with Crippen LogP contribution in [0, 0.1) is 5.92 Å². The van der Waals surface area contributed by atoms with E-state index in [4.69, 9.17) is 10.2 Å². The summed E-state index contributed by atoms with van der Waals surface area (Å²) in [6.07, 6.45) is 0. The normalized spacial score (nSPS) is 13.1. The van der Waals surface area contributed by atoms with E-state index in [0.29, 0.717) is 5.69 Å². The fraction of sp³-hybridized carbons (Fsp3) is 0.364. The van der Waals surface area contributed by atoms with Crippen molar-refractivity contribution in [1.82, 2.24) is 0 Å². The van der Waals surface area contributed by atoms with Gasteiger partial charge in [0.2, 0.25) is 10.0 Å². The van der Waals surface area contributed by atoms with Gasteiger partial charge in [0.25, 0.3) is 0 Å². The van der Waals surface area contributed by atoms with Gasteiger partial charge in [-0.25, -0.2) is 13.6 Å². The zero-order valence-corrected chi connectivity index (χ0v) is 11.0. The van der Waals surface area contributed by atoms with E-state index < -0.39 is 21.9 Å². The minimum Gasteiger partial charge on any atom is -0.481 e. The highest BCUT2D eigenvalue weighted by molar-refractivity contribution is 7.89. The summed E-state index contributed by atoms with van der Waals surface area (Å²) in [6, 6.07) is 6.23. The summed E-state index contributed by atoms with van der Waals surface area (Å²) in [5.41, 5.74) is 0.396. The lowest BCUT2D eigenvalue weighted by molar-refractivity contribution is -0.140. The van der Waals surface area contributed by atoms with Crippen LogP contribution in [0.4, 0.5) is 5.69 Å². The van der Waals surface area contributed by atoms with E-state index in [1.54, 1.807) is 37.1 Å². The molecule has 0 saturated heterocycles. The molecule has 1 rings (SSSR count). The molecule has 0 amide bonds. The van der Waals surface area contributed by atoms with Gasteiger partial charge in [-0.1, -0.05) is 19.1 Å².